The van der Waals surface area contributed by atoms with Gasteiger partial charge in [0.15, 0.2) is 0 Å². The lowest BCUT2D eigenvalue weighted by atomic mass is 9.52. The summed E-state index contributed by atoms with van der Waals surface area (Å²) in [4.78, 5) is 27.1. The Hall–Kier alpha value is -1.54. The number of alkyl carbamates (subject to hydrolysis) is 1. The van der Waals surface area contributed by atoms with Crippen LogP contribution in [0.3, 0.4) is 0 Å². The lowest BCUT2D eigenvalue weighted by Gasteiger charge is -2.54. The number of nitrogens with zero attached hydrogens (tertiary/aromatic N) is 1. The molecule has 0 aromatic heterocycles. The van der Waals surface area contributed by atoms with Gasteiger partial charge < -0.3 is 29.5 Å². The molecule has 2 amide bonds. The molecule has 0 radical (unpaired) electrons. The summed E-state index contributed by atoms with van der Waals surface area (Å²) < 4.78 is 19.0. The van der Waals surface area contributed by atoms with E-state index in [0.29, 0.717) is 29.2 Å². The second-order valence-electron chi connectivity index (χ2n) is 18.2. The van der Waals surface area contributed by atoms with E-state index in [1.54, 1.807) is 0 Å². The highest BCUT2D eigenvalue weighted by Crippen LogP contribution is 2.82. The fraction of sp³-hybridized carbons (Fsp3) is 0.947. The van der Waals surface area contributed by atoms with Crippen LogP contribution in [0.5, 0.6) is 0 Å². The first-order valence-corrected chi connectivity index (χ1v) is 18.8. The maximum Gasteiger partial charge on any atom is 0.410 e. The third-order valence-electron chi connectivity index (χ3n) is 15.2. The van der Waals surface area contributed by atoms with E-state index in [2.05, 4.69) is 60.7 Å². The quantitative estimate of drug-likeness (QED) is 0.283. The molecule has 46 heavy (non-hydrogen) atoms. The molecule has 2 aliphatic heterocycles. The number of rotatable bonds is 8. The summed E-state index contributed by atoms with van der Waals surface area (Å²) in [5.41, 5.74) is 0.287. The number of carbonyl (C=O) groups excluding carboxylic acids is 2. The van der Waals surface area contributed by atoms with Crippen LogP contribution in [0, 0.1) is 50.7 Å². The van der Waals surface area contributed by atoms with Crippen LogP contribution in [-0.4, -0.2) is 72.3 Å². The summed E-state index contributed by atoms with van der Waals surface area (Å²) in [6.45, 7) is 22.3. The fourth-order valence-corrected chi connectivity index (χ4v) is 12.0. The number of aliphatic hydroxyl groups is 1. The maximum absolute atomic E-state index is 12.8. The van der Waals surface area contributed by atoms with Gasteiger partial charge in [0.1, 0.15) is 12.2 Å². The Kier molecular flexibility index (Phi) is 8.81. The molecule has 4 aliphatic carbocycles. The molecule has 11 atom stereocenters. The third kappa shape index (κ3) is 5.11. The summed E-state index contributed by atoms with van der Waals surface area (Å²) in [5, 5.41) is 14.7. The second-order valence-corrected chi connectivity index (χ2v) is 18.2. The number of aliphatic hydroxyl groups excluding tert-OH is 1. The molecule has 0 aromatic carbocycles. The third-order valence-corrected chi connectivity index (χ3v) is 15.2. The second kappa shape index (κ2) is 11.8. The van der Waals surface area contributed by atoms with E-state index < -0.39 is 12.2 Å². The van der Waals surface area contributed by atoms with Crippen LogP contribution in [0.25, 0.3) is 0 Å². The van der Waals surface area contributed by atoms with Gasteiger partial charge in [-0.25, -0.2) is 9.59 Å². The summed E-state index contributed by atoms with van der Waals surface area (Å²) in [5.74, 6) is 1.27. The first-order chi connectivity index (χ1) is 21.5. The maximum atomic E-state index is 12.8. The van der Waals surface area contributed by atoms with Crippen molar-refractivity contribution in [3.63, 3.8) is 0 Å². The lowest BCUT2D eigenvalue weighted by molar-refractivity contribution is -0.178. The van der Waals surface area contributed by atoms with Crippen molar-refractivity contribution in [1.82, 2.24) is 10.2 Å². The molecular weight excluding hydrogens is 580 g/mol. The predicted octanol–water partition coefficient (Wildman–Crippen LogP) is 7.56. The molecule has 0 bridgehead atoms. The monoisotopic (exact) mass is 644 g/mol. The van der Waals surface area contributed by atoms with Crippen molar-refractivity contribution in [2.45, 2.75) is 157 Å². The molecule has 8 heteroatoms. The number of hydrogen-bond donors (Lipinski definition) is 2. The van der Waals surface area contributed by atoms with E-state index in [1.165, 1.54) is 32.1 Å². The van der Waals surface area contributed by atoms with Crippen LogP contribution in [-0.2, 0) is 14.2 Å². The van der Waals surface area contributed by atoms with Gasteiger partial charge in [-0.15, -0.1) is 0 Å². The number of carbonyl (C=O) groups is 2. The smallest absolute Gasteiger partial charge is 0.410 e. The molecule has 6 fully saturated rings. The fourth-order valence-electron chi connectivity index (χ4n) is 12.0. The molecule has 0 aromatic rings. The standard InChI is InChI=1S/C38H64N2O6/c1-10-39-32(42)46-29(23(2)3)25-21-24(4)28-30(44-25)31(41)35(7,8)36(28,9)17-18-37-15-11-13-26-34(5,6)27(14-16-38(26,37)22-37)45-33(43)40-19-12-20-40/h23-31,41H,10-22H2,1-9H3,(H,39,42)/t24-,25?,26+,27+,28+,29-,30?,31+,36-,37+,38-/m1/s1. The SMILES string of the molecule is CCNC(=O)O[C@H](C(C)C)C1C[C@@H](C)[C@H]2C(O1)[C@H](O)C(C)(C)[C@]2(C)CC[C@]12CCC[C@H]3C(C)(C)[C@@H](OC(=O)N4CCC4)CC[C@@]31C2. The Bertz CT molecular complexity index is 1170. The van der Waals surface area contributed by atoms with Crippen molar-refractivity contribution in [3.8, 4) is 0 Å². The zero-order valence-corrected chi connectivity index (χ0v) is 30.3. The zero-order chi connectivity index (χ0) is 33.4. The van der Waals surface area contributed by atoms with Gasteiger partial charge in [0, 0.05) is 25.0 Å². The van der Waals surface area contributed by atoms with E-state index in [4.69, 9.17) is 14.2 Å². The van der Waals surface area contributed by atoms with E-state index >= 15 is 0 Å². The normalized spacial score (nSPS) is 44.2. The lowest BCUT2D eigenvalue weighted by Crippen LogP contribution is -2.53. The zero-order valence-electron chi connectivity index (χ0n) is 30.3. The van der Waals surface area contributed by atoms with Gasteiger partial charge >= 0.3 is 12.2 Å². The molecule has 1 spiro atoms. The highest BCUT2D eigenvalue weighted by atomic mass is 16.6. The summed E-state index contributed by atoms with van der Waals surface area (Å²) in [7, 11) is 0. The van der Waals surface area contributed by atoms with Crippen molar-refractivity contribution in [2.75, 3.05) is 19.6 Å². The highest BCUT2D eigenvalue weighted by molar-refractivity contribution is 5.68. The van der Waals surface area contributed by atoms with Crippen LogP contribution in [0.2, 0.25) is 0 Å². The molecule has 6 rings (SSSR count). The van der Waals surface area contributed by atoms with Gasteiger partial charge in [-0.3, -0.25) is 0 Å². The molecule has 8 nitrogen and oxygen atoms in total. The van der Waals surface area contributed by atoms with Gasteiger partial charge in [0.25, 0.3) is 0 Å². The van der Waals surface area contributed by atoms with Crippen molar-refractivity contribution >= 4 is 12.2 Å². The molecule has 6 aliphatic rings. The molecule has 2 heterocycles. The van der Waals surface area contributed by atoms with Crippen molar-refractivity contribution in [3.05, 3.63) is 0 Å². The van der Waals surface area contributed by atoms with Crippen molar-refractivity contribution < 1.29 is 28.9 Å². The van der Waals surface area contributed by atoms with Crippen molar-refractivity contribution in [2.24, 2.45) is 50.7 Å². The summed E-state index contributed by atoms with van der Waals surface area (Å²) in [6.07, 6.45) is 9.46. The van der Waals surface area contributed by atoms with Crippen LogP contribution in [0.1, 0.15) is 127 Å². The number of hydrogen-bond acceptors (Lipinski definition) is 6. The molecule has 262 valence electrons. The van der Waals surface area contributed by atoms with Crippen LogP contribution < -0.4 is 5.32 Å². The van der Waals surface area contributed by atoms with Crippen LogP contribution >= 0.6 is 0 Å². The summed E-state index contributed by atoms with van der Waals surface area (Å²) in [6, 6.07) is 0. The highest BCUT2D eigenvalue weighted by Gasteiger charge is 2.75. The minimum atomic E-state index is -0.578. The van der Waals surface area contributed by atoms with Gasteiger partial charge in [-0.05, 0) is 110 Å². The molecule has 2 unspecified atom stereocenters. The minimum absolute atomic E-state index is 0.00492. The molecule has 4 saturated carbocycles. The first-order valence-electron chi connectivity index (χ1n) is 18.8. The van der Waals surface area contributed by atoms with E-state index in [1.807, 2.05) is 11.8 Å². The van der Waals surface area contributed by atoms with Crippen LogP contribution in [0.4, 0.5) is 9.59 Å². The van der Waals surface area contributed by atoms with Gasteiger partial charge in [-0.2, -0.15) is 0 Å². The van der Waals surface area contributed by atoms with Gasteiger partial charge in [0.05, 0.1) is 18.3 Å². The number of likely N-dealkylation sites (tertiary alicyclic amines) is 1. The van der Waals surface area contributed by atoms with E-state index in [0.717, 1.165) is 45.2 Å². The minimum Gasteiger partial charge on any atom is -0.446 e. The molecular formula is C38H64N2O6. The number of fused-ring (bicyclic) bond motifs is 1. The topological polar surface area (TPSA) is 97.3 Å². The average Bonchev–Trinajstić information content (AvgIpc) is 3.59. The Labute approximate surface area is 278 Å². The Morgan fingerprint density at radius 2 is 1.76 bits per heavy atom. The Morgan fingerprint density at radius 3 is 2.39 bits per heavy atom. The number of nitrogens with one attached hydrogen (secondary N) is 1. The van der Waals surface area contributed by atoms with Crippen molar-refractivity contribution in [1.29, 1.82) is 0 Å². The largest absolute Gasteiger partial charge is 0.446 e. The predicted molar refractivity (Wildman–Crippen MR) is 178 cm³/mol. The van der Waals surface area contributed by atoms with Gasteiger partial charge in [-0.1, -0.05) is 61.8 Å². The summed E-state index contributed by atoms with van der Waals surface area (Å²) >= 11 is 0. The van der Waals surface area contributed by atoms with Crippen LogP contribution in [0.15, 0.2) is 0 Å². The van der Waals surface area contributed by atoms with E-state index in [9.17, 15) is 14.7 Å². The Balaban J connectivity index is 1.17. The molecule has 2 N–H and O–H groups in total. The van der Waals surface area contributed by atoms with E-state index in [-0.39, 0.29) is 58.6 Å². The molecule has 2 saturated heterocycles. The number of ether oxygens (including phenoxy) is 3. The first kappa shape index (κ1) is 34.3. The average molecular weight is 645 g/mol. The number of amides is 2. The van der Waals surface area contributed by atoms with Gasteiger partial charge in [0.2, 0.25) is 0 Å². The Morgan fingerprint density at radius 1 is 1.04 bits per heavy atom.